The SMILES string of the molecule is COCCNC(=O)C(C)NCc1cccc([N+](=O)[O-])c1. The lowest BCUT2D eigenvalue weighted by Gasteiger charge is -2.13. The maximum atomic E-state index is 11.7. The zero-order valence-electron chi connectivity index (χ0n) is 11.6. The molecule has 0 saturated heterocycles. The Morgan fingerprint density at radius 1 is 1.50 bits per heavy atom. The molecule has 7 heteroatoms. The number of nitro groups is 1. The number of carbonyl (C=O) groups is 1. The number of nitro benzene ring substituents is 1. The molecule has 110 valence electrons. The predicted octanol–water partition coefficient (Wildman–Crippen LogP) is 0.836. The molecule has 0 spiro atoms. The number of methoxy groups -OCH3 is 1. The van der Waals surface area contributed by atoms with Crippen LogP contribution in [0.5, 0.6) is 0 Å². The normalized spacial score (nSPS) is 11.9. The van der Waals surface area contributed by atoms with E-state index in [1.165, 1.54) is 12.1 Å². The van der Waals surface area contributed by atoms with Crippen LogP contribution in [0.25, 0.3) is 0 Å². The van der Waals surface area contributed by atoms with Gasteiger partial charge in [-0.3, -0.25) is 14.9 Å². The second-order valence-corrected chi connectivity index (χ2v) is 4.31. The standard InChI is InChI=1S/C13H19N3O4/c1-10(13(17)14-6-7-20-2)15-9-11-4-3-5-12(8-11)16(18)19/h3-5,8,10,15H,6-7,9H2,1-2H3,(H,14,17). The molecule has 1 unspecified atom stereocenters. The van der Waals surface area contributed by atoms with Crippen LogP contribution >= 0.6 is 0 Å². The molecule has 1 rings (SSSR count). The van der Waals surface area contributed by atoms with Gasteiger partial charge in [-0.25, -0.2) is 0 Å². The van der Waals surface area contributed by atoms with Gasteiger partial charge in [0.05, 0.1) is 17.6 Å². The molecule has 0 aliphatic rings. The maximum Gasteiger partial charge on any atom is 0.269 e. The highest BCUT2D eigenvalue weighted by atomic mass is 16.6. The van der Waals surface area contributed by atoms with Gasteiger partial charge in [-0.05, 0) is 12.5 Å². The Morgan fingerprint density at radius 3 is 2.90 bits per heavy atom. The summed E-state index contributed by atoms with van der Waals surface area (Å²) in [4.78, 5) is 21.9. The number of carbonyl (C=O) groups excluding carboxylic acids is 1. The number of non-ortho nitro benzene ring substituents is 1. The third kappa shape index (κ3) is 5.33. The van der Waals surface area contributed by atoms with Gasteiger partial charge in [0.1, 0.15) is 0 Å². The molecule has 1 aromatic carbocycles. The molecular weight excluding hydrogens is 262 g/mol. The summed E-state index contributed by atoms with van der Waals surface area (Å²) >= 11 is 0. The van der Waals surface area contributed by atoms with Gasteiger partial charge >= 0.3 is 0 Å². The molecule has 0 aliphatic carbocycles. The monoisotopic (exact) mass is 281 g/mol. The minimum Gasteiger partial charge on any atom is -0.383 e. The summed E-state index contributed by atoms with van der Waals surface area (Å²) in [6, 6.07) is 5.94. The molecule has 0 fully saturated rings. The van der Waals surface area contributed by atoms with Crippen LogP contribution in [0.2, 0.25) is 0 Å². The van der Waals surface area contributed by atoms with Crippen LogP contribution in [0.4, 0.5) is 5.69 Å². The Kier molecular flexibility index (Phi) is 6.61. The van der Waals surface area contributed by atoms with E-state index in [4.69, 9.17) is 4.74 Å². The quantitative estimate of drug-likeness (QED) is 0.418. The van der Waals surface area contributed by atoms with Crippen LogP contribution in [0, 0.1) is 10.1 Å². The van der Waals surface area contributed by atoms with Gasteiger partial charge in [0.25, 0.3) is 5.69 Å². The molecule has 0 aliphatic heterocycles. The largest absolute Gasteiger partial charge is 0.383 e. The summed E-state index contributed by atoms with van der Waals surface area (Å²) in [6.45, 7) is 3.04. The molecular formula is C13H19N3O4. The minimum absolute atomic E-state index is 0.0431. The first-order valence-corrected chi connectivity index (χ1v) is 6.28. The third-order valence-electron chi connectivity index (χ3n) is 2.73. The van der Waals surface area contributed by atoms with Crippen molar-refractivity contribution in [1.29, 1.82) is 0 Å². The van der Waals surface area contributed by atoms with Crippen molar-refractivity contribution in [3.63, 3.8) is 0 Å². The lowest BCUT2D eigenvalue weighted by molar-refractivity contribution is -0.384. The molecule has 20 heavy (non-hydrogen) atoms. The van der Waals surface area contributed by atoms with Crippen LogP contribution in [0.15, 0.2) is 24.3 Å². The molecule has 0 heterocycles. The van der Waals surface area contributed by atoms with Gasteiger partial charge in [0, 0.05) is 32.3 Å². The van der Waals surface area contributed by atoms with Crippen molar-refractivity contribution in [3.05, 3.63) is 39.9 Å². The summed E-state index contributed by atoms with van der Waals surface area (Å²) in [5.41, 5.74) is 0.803. The number of benzene rings is 1. The molecule has 0 aromatic heterocycles. The van der Waals surface area contributed by atoms with Gasteiger partial charge in [-0.15, -0.1) is 0 Å². The molecule has 0 radical (unpaired) electrons. The Hall–Kier alpha value is -1.99. The smallest absolute Gasteiger partial charge is 0.269 e. The Balaban J connectivity index is 2.44. The average molecular weight is 281 g/mol. The molecule has 2 N–H and O–H groups in total. The van der Waals surface area contributed by atoms with Crippen LogP contribution in [-0.2, 0) is 16.1 Å². The first kappa shape index (κ1) is 16.1. The summed E-state index contributed by atoms with van der Waals surface area (Å²) in [5.74, 6) is -0.132. The average Bonchev–Trinajstić information content (AvgIpc) is 2.45. The zero-order chi connectivity index (χ0) is 15.0. The van der Waals surface area contributed by atoms with Crippen molar-refractivity contribution in [2.45, 2.75) is 19.5 Å². The van der Waals surface area contributed by atoms with E-state index in [0.717, 1.165) is 5.56 Å². The third-order valence-corrected chi connectivity index (χ3v) is 2.73. The molecule has 7 nitrogen and oxygen atoms in total. The van der Waals surface area contributed by atoms with Crippen LogP contribution in [0.1, 0.15) is 12.5 Å². The number of hydrogen-bond acceptors (Lipinski definition) is 5. The summed E-state index contributed by atoms with van der Waals surface area (Å²) < 4.78 is 4.84. The number of ether oxygens (including phenoxy) is 1. The fourth-order valence-electron chi connectivity index (χ4n) is 1.57. The van der Waals surface area contributed by atoms with E-state index in [1.807, 2.05) is 0 Å². The van der Waals surface area contributed by atoms with E-state index in [2.05, 4.69) is 10.6 Å². The van der Waals surface area contributed by atoms with Gasteiger partial charge in [-0.1, -0.05) is 12.1 Å². The van der Waals surface area contributed by atoms with Crippen molar-refractivity contribution in [1.82, 2.24) is 10.6 Å². The predicted molar refractivity (Wildman–Crippen MR) is 74.3 cm³/mol. The second-order valence-electron chi connectivity index (χ2n) is 4.31. The highest BCUT2D eigenvalue weighted by Crippen LogP contribution is 2.12. The van der Waals surface area contributed by atoms with E-state index in [-0.39, 0.29) is 17.6 Å². The van der Waals surface area contributed by atoms with E-state index in [1.54, 1.807) is 26.2 Å². The Labute approximate surface area is 117 Å². The van der Waals surface area contributed by atoms with Gasteiger partial charge in [0.2, 0.25) is 5.91 Å². The van der Waals surface area contributed by atoms with E-state index < -0.39 is 4.92 Å². The van der Waals surface area contributed by atoms with Crippen molar-refractivity contribution < 1.29 is 14.5 Å². The lowest BCUT2D eigenvalue weighted by Crippen LogP contribution is -2.42. The zero-order valence-corrected chi connectivity index (χ0v) is 11.6. The van der Waals surface area contributed by atoms with E-state index in [9.17, 15) is 14.9 Å². The number of nitrogens with one attached hydrogen (secondary N) is 2. The first-order chi connectivity index (χ1) is 9.54. The minimum atomic E-state index is -0.440. The van der Waals surface area contributed by atoms with Crippen LogP contribution in [-0.4, -0.2) is 37.1 Å². The van der Waals surface area contributed by atoms with Gasteiger partial charge < -0.3 is 15.4 Å². The van der Waals surface area contributed by atoms with Gasteiger partial charge in [-0.2, -0.15) is 0 Å². The molecule has 0 bridgehead atoms. The summed E-state index contributed by atoms with van der Waals surface area (Å²) in [7, 11) is 1.57. The van der Waals surface area contributed by atoms with Crippen LogP contribution in [0.3, 0.4) is 0 Å². The van der Waals surface area contributed by atoms with E-state index >= 15 is 0 Å². The summed E-state index contributed by atoms with van der Waals surface area (Å²) in [5, 5.41) is 16.4. The lowest BCUT2D eigenvalue weighted by atomic mass is 10.2. The van der Waals surface area contributed by atoms with Crippen molar-refractivity contribution in [2.24, 2.45) is 0 Å². The molecule has 1 atom stereocenters. The number of amides is 1. The Bertz CT molecular complexity index is 465. The second kappa shape index (κ2) is 8.23. The van der Waals surface area contributed by atoms with Crippen molar-refractivity contribution in [2.75, 3.05) is 20.3 Å². The maximum absolute atomic E-state index is 11.7. The number of hydrogen-bond donors (Lipinski definition) is 2. The van der Waals surface area contributed by atoms with Crippen molar-refractivity contribution >= 4 is 11.6 Å². The summed E-state index contributed by atoms with van der Waals surface area (Å²) in [6.07, 6.45) is 0. The molecule has 1 aromatic rings. The van der Waals surface area contributed by atoms with Crippen molar-refractivity contribution in [3.8, 4) is 0 Å². The topological polar surface area (TPSA) is 93.5 Å². The van der Waals surface area contributed by atoms with E-state index in [0.29, 0.717) is 19.7 Å². The fourth-order valence-corrected chi connectivity index (χ4v) is 1.57. The van der Waals surface area contributed by atoms with Crippen LogP contribution < -0.4 is 10.6 Å². The highest BCUT2D eigenvalue weighted by Gasteiger charge is 2.12. The fraction of sp³-hybridized carbons (Fsp3) is 0.462. The number of nitrogens with zero attached hydrogens (tertiary/aromatic N) is 1. The first-order valence-electron chi connectivity index (χ1n) is 6.28. The highest BCUT2D eigenvalue weighted by molar-refractivity contribution is 5.81. The Morgan fingerprint density at radius 2 is 2.25 bits per heavy atom. The molecule has 0 saturated carbocycles. The number of rotatable bonds is 8. The molecule has 1 amide bonds. The van der Waals surface area contributed by atoms with Gasteiger partial charge in [0.15, 0.2) is 0 Å².